The lowest BCUT2D eigenvalue weighted by molar-refractivity contribution is 0.411. The van der Waals surface area contributed by atoms with Gasteiger partial charge in [0.05, 0.1) is 16.0 Å². The van der Waals surface area contributed by atoms with Gasteiger partial charge in [-0.1, -0.05) is 5.16 Å². The highest BCUT2D eigenvalue weighted by Crippen LogP contribution is 2.31. The molecule has 0 unspecified atom stereocenters. The predicted octanol–water partition coefficient (Wildman–Crippen LogP) is 1.70. The predicted molar refractivity (Wildman–Crippen MR) is 75.3 cm³/mol. The summed E-state index contributed by atoms with van der Waals surface area (Å²) in [7, 11) is -1.75. The van der Waals surface area contributed by atoms with Gasteiger partial charge in [-0.15, -0.1) is 11.3 Å². The number of sulfonamides is 1. The van der Waals surface area contributed by atoms with Crippen LogP contribution in [0.1, 0.15) is 10.6 Å². The van der Waals surface area contributed by atoms with Gasteiger partial charge in [-0.3, -0.25) is 0 Å². The monoisotopic (exact) mass is 365 g/mol. The number of nitrogens with zero attached hydrogens (tertiary/aromatic N) is 1. The van der Waals surface area contributed by atoms with E-state index in [-0.39, 0.29) is 11.4 Å². The zero-order valence-corrected chi connectivity index (χ0v) is 13.2. The van der Waals surface area contributed by atoms with Crippen LogP contribution in [0.3, 0.4) is 0 Å². The average molecular weight is 366 g/mol. The summed E-state index contributed by atoms with van der Waals surface area (Å²) in [5.41, 5.74) is 0.533. The van der Waals surface area contributed by atoms with Crippen LogP contribution in [0.15, 0.2) is 31.6 Å². The Morgan fingerprint density at radius 3 is 2.89 bits per heavy atom. The first-order chi connectivity index (χ1) is 9.03. The molecule has 0 saturated heterocycles. The van der Waals surface area contributed by atoms with E-state index in [4.69, 9.17) is 0 Å². The molecule has 2 rings (SSSR count). The molecule has 2 heterocycles. The summed E-state index contributed by atoms with van der Waals surface area (Å²) in [6, 6.07) is 3.26. The number of hydrogen-bond acceptors (Lipinski definition) is 6. The summed E-state index contributed by atoms with van der Waals surface area (Å²) in [6.45, 7) is 0.727. The van der Waals surface area contributed by atoms with Crippen molar-refractivity contribution in [2.45, 2.75) is 18.0 Å². The summed E-state index contributed by atoms with van der Waals surface area (Å²) in [4.78, 5) is 1.18. The van der Waals surface area contributed by atoms with E-state index in [0.717, 1.165) is 4.88 Å². The van der Waals surface area contributed by atoms with E-state index in [1.165, 1.54) is 17.6 Å². The van der Waals surface area contributed by atoms with E-state index in [2.05, 4.69) is 35.6 Å². The molecule has 0 radical (unpaired) electrons. The first kappa shape index (κ1) is 14.7. The number of nitrogens with one attached hydrogen (secondary N) is 2. The van der Waals surface area contributed by atoms with Gasteiger partial charge in [0, 0.05) is 17.5 Å². The fourth-order valence-corrected chi connectivity index (χ4v) is 5.11. The van der Waals surface area contributed by atoms with Gasteiger partial charge in [-0.25, -0.2) is 13.1 Å². The maximum Gasteiger partial charge on any atom is 0.242 e. The summed E-state index contributed by atoms with van der Waals surface area (Å²) in [6.07, 6.45) is 1.40. The molecule has 19 heavy (non-hydrogen) atoms. The molecule has 0 aliphatic heterocycles. The Hall–Kier alpha value is -0.740. The molecule has 104 valence electrons. The van der Waals surface area contributed by atoms with Crippen molar-refractivity contribution in [1.29, 1.82) is 0 Å². The van der Waals surface area contributed by atoms with Crippen molar-refractivity contribution in [1.82, 2.24) is 15.2 Å². The van der Waals surface area contributed by atoms with Crippen LogP contribution in [0, 0.1) is 0 Å². The van der Waals surface area contributed by atoms with E-state index < -0.39 is 10.0 Å². The van der Waals surface area contributed by atoms with Gasteiger partial charge in [0.2, 0.25) is 10.0 Å². The Bertz CT molecular complexity index is 637. The maximum absolute atomic E-state index is 12.2. The topological polar surface area (TPSA) is 84.2 Å². The molecular formula is C10H12BrN3O3S2. The second-order valence-corrected chi connectivity index (χ2v) is 7.89. The minimum Gasteiger partial charge on any atom is -0.364 e. The van der Waals surface area contributed by atoms with Crippen molar-refractivity contribution in [2.24, 2.45) is 0 Å². The van der Waals surface area contributed by atoms with Crippen LogP contribution in [-0.4, -0.2) is 20.6 Å². The molecule has 0 fully saturated rings. The van der Waals surface area contributed by atoms with Gasteiger partial charge >= 0.3 is 0 Å². The lowest BCUT2D eigenvalue weighted by Crippen LogP contribution is -2.23. The second kappa shape index (κ2) is 6.14. The highest BCUT2D eigenvalue weighted by molar-refractivity contribution is 9.11. The van der Waals surface area contributed by atoms with Crippen molar-refractivity contribution in [2.75, 3.05) is 7.05 Å². The van der Waals surface area contributed by atoms with E-state index in [9.17, 15) is 8.42 Å². The lowest BCUT2D eigenvalue weighted by Gasteiger charge is -2.03. The van der Waals surface area contributed by atoms with Crippen LogP contribution in [0.5, 0.6) is 0 Å². The Kier molecular flexibility index (Phi) is 4.74. The molecular weight excluding hydrogens is 354 g/mol. The molecule has 2 aromatic rings. The van der Waals surface area contributed by atoms with Crippen molar-refractivity contribution in [3.8, 4) is 0 Å². The number of halogens is 1. The molecule has 0 bridgehead atoms. The van der Waals surface area contributed by atoms with E-state index in [1.54, 1.807) is 12.1 Å². The average Bonchev–Trinajstić information content (AvgIpc) is 2.97. The molecule has 9 heteroatoms. The number of thiophene rings is 1. The Balaban J connectivity index is 2.14. The van der Waals surface area contributed by atoms with Gasteiger partial charge in [-0.2, -0.15) is 0 Å². The normalized spacial score (nSPS) is 11.9. The summed E-state index contributed by atoms with van der Waals surface area (Å²) in [5, 5.41) is 6.63. The second-order valence-electron chi connectivity index (χ2n) is 3.70. The number of rotatable bonds is 6. The Labute approximate surface area is 123 Å². The van der Waals surface area contributed by atoms with E-state index in [1.807, 2.05) is 7.05 Å². The Morgan fingerprint density at radius 1 is 1.47 bits per heavy atom. The molecule has 6 nitrogen and oxygen atoms in total. The van der Waals surface area contributed by atoms with Gasteiger partial charge in [-0.05, 0) is 29.0 Å². The van der Waals surface area contributed by atoms with Gasteiger partial charge in [0.25, 0.3) is 0 Å². The van der Waals surface area contributed by atoms with Gasteiger partial charge in [0.1, 0.15) is 11.2 Å². The molecule has 0 saturated carbocycles. The third kappa shape index (κ3) is 3.63. The fraction of sp³-hybridized carbons (Fsp3) is 0.300. The quantitative estimate of drug-likeness (QED) is 0.813. The highest BCUT2D eigenvalue weighted by atomic mass is 79.9. The molecule has 2 aromatic heterocycles. The molecule has 0 aliphatic rings. The first-order valence-corrected chi connectivity index (χ1v) is 8.44. The van der Waals surface area contributed by atoms with Crippen molar-refractivity contribution in [3.63, 3.8) is 0 Å². The smallest absolute Gasteiger partial charge is 0.242 e. The SMILES string of the molecule is CNCc1cc(S(=O)(=O)NCc2ccon2)c(Br)s1. The molecule has 2 N–H and O–H groups in total. The third-order valence-electron chi connectivity index (χ3n) is 2.28. The zero-order valence-electron chi connectivity index (χ0n) is 10.0. The summed E-state index contributed by atoms with van der Waals surface area (Å²) in [5.74, 6) is 0. The van der Waals surface area contributed by atoms with Crippen LogP contribution in [0.2, 0.25) is 0 Å². The van der Waals surface area contributed by atoms with Crippen LogP contribution in [0.4, 0.5) is 0 Å². The van der Waals surface area contributed by atoms with Crippen molar-refractivity contribution in [3.05, 3.63) is 32.8 Å². The van der Waals surface area contributed by atoms with Crippen LogP contribution in [-0.2, 0) is 23.1 Å². The van der Waals surface area contributed by atoms with Gasteiger partial charge in [0.15, 0.2) is 0 Å². The molecule has 0 atom stereocenters. The Morgan fingerprint density at radius 2 is 2.26 bits per heavy atom. The number of aromatic nitrogens is 1. The highest BCUT2D eigenvalue weighted by Gasteiger charge is 2.20. The van der Waals surface area contributed by atoms with Crippen molar-refractivity contribution < 1.29 is 12.9 Å². The summed E-state index contributed by atoms with van der Waals surface area (Å²) < 4.78 is 32.0. The molecule has 0 aromatic carbocycles. The molecule has 0 amide bonds. The zero-order chi connectivity index (χ0) is 13.9. The van der Waals surface area contributed by atoms with Crippen molar-refractivity contribution >= 4 is 37.3 Å². The third-order valence-corrected chi connectivity index (χ3v) is 5.93. The maximum atomic E-state index is 12.2. The van der Waals surface area contributed by atoms with E-state index >= 15 is 0 Å². The fourth-order valence-electron chi connectivity index (χ4n) is 1.42. The lowest BCUT2D eigenvalue weighted by atomic mass is 10.4. The van der Waals surface area contributed by atoms with Crippen LogP contribution in [0.25, 0.3) is 0 Å². The molecule has 0 aliphatic carbocycles. The summed E-state index contributed by atoms with van der Waals surface area (Å²) >= 11 is 4.67. The minimum atomic E-state index is -3.56. The molecule has 0 spiro atoms. The van der Waals surface area contributed by atoms with Gasteiger partial charge < -0.3 is 9.84 Å². The minimum absolute atomic E-state index is 0.0997. The number of hydrogen-bond donors (Lipinski definition) is 2. The largest absolute Gasteiger partial charge is 0.364 e. The van der Waals surface area contributed by atoms with Crippen LogP contribution >= 0.6 is 27.3 Å². The standard InChI is InChI=1S/C10H12BrN3O3S2/c1-12-6-8-4-9(10(11)18-8)19(15,16)13-5-7-2-3-17-14-7/h2-4,12-13H,5-6H2,1H3. The first-order valence-electron chi connectivity index (χ1n) is 5.34. The van der Waals surface area contributed by atoms with E-state index in [0.29, 0.717) is 16.0 Å². The van der Waals surface area contributed by atoms with Crippen LogP contribution < -0.4 is 10.0 Å².